The number of rotatable bonds is 5. The minimum Gasteiger partial charge on any atom is -0.161 e. The summed E-state index contributed by atoms with van der Waals surface area (Å²) in [7, 11) is 0. The fourth-order valence-electron chi connectivity index (χ4n) is 0.553. The van der Waals surface area contributed by atoms with Gasteiger partial charge in [0.05, 0.1) is 0 Å². The van der Waals surface area contributed by atoms with Crippen molar-refractivity contribution in [1.82, 2.24) is 0 Å². The Morgan fingerprint density at radius 1 is 1.40 bits per heavy atom. The van der Waals surface area contributed by atoms with Crippen LogP contribution in [0.1, 0.15) is 33.6 Å². The molecule has 10 heavy (non-hydrogen) atoms. The van der Waals surface area contributed by atoms with Gasteiger partial charge >= 0.3 is 0 Å². The van der Waals surface area contributed by atoms with E-state index in [1.54, 1.807) is 0 Å². The van der Waals surface area contributed by atoms with Crippen LogP contribution in [-0.4, -0.2) is 11.5 Å². The van der Waals surface area contributed by atoms with Crippen LogP contribution in [0.4, 0.5) is 0 Å². The first-order chi connectivity index (χ1) is 4.62. The van der Waals surface area contributed by atoms with Crippen LogP contribution in [0, 0.1) is 12.3 Å². The van der Waals surface area contributed by atoms with Gasteiger partial charge in [0, 0.05) is 0 Å². The number of hydrogen-bond donors (Lipinski definition) is 0. The molecule has 0 spiro atoms. The van der Waals surface area contributed by atoms with Crippen LogP contribution in [0.15, 0.2) is 0 Å². The quantitative estimate of drug-likeness (QED) is 0.554. The third-order valence-corrected chi connectivity index (χ3v) is 3.30. The summed E-state index contributed by atoms with van der Waals surface area (Å²) in [6, 6.07) is 0. The maximum absolute atomic E-state index is 3.81. The van der Waals surface area contributed by atoms with Gasteiger partial charge in [0.2, 0.25) is 0 Å². The van der Waals surface area contributed by atoms with Crippen molar-refractivity contribution in [3.05, 3.63) is 6.92 Å². The van der Waals surface area contributed by atoms with Crippen molar-refractivity contribution in [3.8, 4) is 0 Å². The maximum Gasteiger partial charge on any atom is -0.00162 e. The Morgan fingerprint density at radius 3 is 2.40 bits per heavy atom. The van der Waals surface area contributed by atoms with Gasteiger partial charge in [-0.1, -0.05) is 34.1 Å². The molecule has 0 unspecified atom stereocenters. The minimum absolute atomic E-state index is 0.528. The molecule has 0 aliphatic carbocycles. The molecule has 0 aromatic rings. The van der Waals surface area contributed by atoms with E-state index in [0.29, 0.717) is 5.41 Å². The van der Waals surface area contributed by atoms with Crippen LogP contribution in [0.2, 0.25) is 0 Å². The molecule has 0 saturated heterocycles. The minimum atomic E-state index is 0.528. The van der Waals surface area contributed by atoms with Crippen molar-refractivity contribution in [2.45, 2.75) is 33.6 Å². The lowest BCUT2D eigenvalue weighted by Gasteiger charge is -2.21. The van der Waals surface area contributed by atoms with Gasteiger partial charge in [0.1, 0.15) is 0 Å². The number of hydrogen-bond acceptors (Lipinski definition) is 1. The average Bonchev–Trinajstić information content (AvgIpc) is 1.89. The molecule has 0 aromatic carbocycles. The largest absolute Gasteiger partial charge is 0.161 e. The van der Waals surface area contributed by atoms with E-state index in [1.807, 2.05) is 11.8 Å². The van der Waals surface area contributed by atoms with Crippen molar-refractivity contribution < 1.29 is 0 Å². The molecule has 0 bridgehead atoms. The van der Waals surface area contributed by atoms with Crippen molar-refractivity contribution in [3.63, 3.8) is 0 Å². The Balaban J connectivity index is 3.28. The second-order valence-electron chi connectivity index (χ2n) is 3.42. The predicted molar refractivity (Wildman–Crippen MR) is 51.4 cm³/mol. The van der Waals surface area contributed by atoms with E-state index in [4.69, 9.17) is 0 Å². The lowest BCUT2D eigenvalue weighted by Crippen LogP contribution is -2.12. The highest BCUT2D eigenvalue weighted by Gasteiger charge is 2.13. The predicted octanol–water partition coefficient (Wildman–Crippen LogP) is 3.38. The standard InChI is InChI=1S/C9H19S/c1-5-7-10-8-9(3,4)6-2/h1,5-8H2,2-4H3. The van der Waals surface area contributed by atoms with Crippen molar-refractivity contribution >= 4 is 11.8 Å². The van der Waals surface area contributed by atoms with Crippen molar-refractivity contribution in [2.75, 3.05) is 11.5 Å². The smallest absolute Gasteiger partial charge is 0.00162 e. The Kier molecular flexibility index (Phi) is 5.24. The summed E-state index contributed by atoms with van der Waals surface area (Å²) in [5.41, 5.74) is 0.528. The van der Waals surface area contributed by atoms with Crippen molar-refractivity contribution in [2.24, 2.45) is 5.41 Å². The average molecular weight is 159 g/mol. The molecule has 1 radical (unpaired) electrons. The van der Waals surface area contributed by atoms with Gasteiger partial charge in [-0.3, -0.25) is 0 Å². The Bertz CT molecular complexity index is 76.8. The summed E-state index contributed by atoms with van der Waals surface area (Å²) in [6.45, 7) is 10.7. The molecular weight excluding hydrogens is 140 g/mol. The van der Waals surface area contributed by atoms with Gasteiger partial charge in [-0.25, -0.2) is 0 Å². The highest BCUT2D eigenvalue weighted by molar-refractivity contribution is 7.99. The maximum atomic E-state index is 3.81. The summed E-state index contributed by atoms with van der Waals surface area (Å²) in [4.78, 5) is 0. The lowest BCUT2D eigenvalue weighted by molar-refractivity contribution is 0.408. The van der Waals surface area contributed by atoms with Gasteiger partial charge in [-0.15, -0.1) is 0 Å². The third-order valence-electron chi connectivity index (χ3n) is 1.74. The molecule has 1 heteroatoms. The fraction of sp³-hybridized carbons (Fsp3) is 0.889. The van der Waals surface area contributed by atoms with Gasteiger partial charge in [-0.05, 0) is 23.3 Å². The zero-order valence-corrected chi connectivity index (χ0v) is 8.26. The molecule has 0 aliphatic heterocycles. The first-order valence-corrected chi connectivity index (χ1v) is 5.15. The molecule has 0 N–H and O–H groups in total. The molecule has 0 amide bonds. The highest BCUT2D eigenvalue weighted by atomic mass is 32.2. The molecule has 0 rings (SSSR count). The van der Waals surface area contributed by atoms with Crippen LogP contribution in [0.3, 0.4) is 0 Å². The number of thioether (sulfide) groups is 1. The van der Waals surface area contributed by atoms with Crippen LogP contribution in [0.5, 0.6) is 0 Å². The SMILES string of the molecule is [CH2]CCSCC(C)(C)CC. The summed E-state index contributed by atoms with van der Waals surface area (Å²) in [5.74, 6) is 2.49. The molecule has 61 valence electrons. The van der Waals surface area contributed by atoms with E-state index in [9.17, 15) is 0 Å². The Morgan fingerprint density at radius 2 is 2.00 bits per heavy atom. The summed E-state index contributed by atoms with van der Waals surface area (Å²) in [6.07, 6.45) is 2.33. The summed E-state index contributed by atoms with van der Waals surface area (Å²) < 4.78 is 0. The molecule has 0 atom stereocenters. The third kappa shape index (κ3) is 5.16. The molecule has 0 saturated carbocycles. The molecule has 0 fully saturated rings. The topological polar surface area (TPSA) is 0 Å². The second-order valence-corrected chi connectivity index (χ2v) is 4.53. The molecule has 0 nitrogen and oxygen atoms in total. The summed E-state index contributed by atoms with van der Waals surface area (Å²) >= 11 is 2.02. The van der Waals surface area contributed by atoms with E-state index >= 15 is 0 Å². The van der Waals surface area contributed by atoms with Gasteiger partial charge < -0.3 is 0 Å². The van der Waals surface area contributed by atoms with Gasteiger partial charge in [0.15, 0.2) is 0 Å². The highest BCUT2D eigenvalue weighted by Crippen LogP contribution is 2.25. The molecule has 0 aliphatic rings. The van der Waals surface area contributed by atoms with Crippen LogP contribution >= 0.6 is 11.8 Å². The van der Waals surface area contributed by atoms with E-state index in [-0.39, 0.29) is 0 Å². The first kappa shape index (κ1) is 10.3. The van der Waals surface area contributed by atoms with Gasteiger partial charge in [0.25, 0.3) is 0 Å². The Hall–Kier alpha value is 0.350. The second kappa shape index (κ2) is 5.06. The molecule has 0 aromatic heterocycles. The normalized spacial score (nSPS) is 12.0. The summed E-state index contributed by atoms with van der Waals surface area (Å²) in [5, 5.41) is 0. The van der Waals surface area contributed by atoms with Crippen molar-refractivity contribution in [1.29, 1.82) is 0 Å². The monoisotopic (exact) mass is 159 g/mol. The molecule has 0 heterocycles. The van der Waals surface area contributed by atoms with Gasteiger partial charge in [-0.2, -0.15) is 11.8 Å². The molecular formula is C9H19S. The lowest BCUT2D eigenvalue weighted by atomic mass is 9.93. The van der Waals surface area contributed by atoms with Crippen LogP contribution in [-0.2, 0) is 0 Å². The van der Waals surface area contributed by atoms with E-state index in [1.165, 1.54) is 17.9 Å². The first-order valence-electron chi connectivity index (χ1n) is 3.99. The zero-order valence-electron chi connectivity index (χ0n) is 7.44. The van der Waals surface area contributed by atoms with Crippen LogP contribution in [0.25, 0.3) is 0 Å². The fourth-order valence-corrected chi connectivity index (χ4v) is 1.66. The Labute approximate surface area is 69.8 Å². The van der Waals surface area contributed by atoms with E-state index < -0.39 is 0 Å². The van der Waals surface area contributed by atoms with Crippen LogP contribution < -0.4 is 0 Å². The van der Waals surface area contributed by atoms with E-state index in [2.05, 4.69) is 27.7 Å². The van der Waals surface area contributed by atoms with E-state index in [0.717, 1.165) is 6.42 Å². The zero-order chi connectivity index (χ0) is 8.04.